The van der Waals surface area contributed by atoms with Gasteiger partial charge in [0.25, 0.3) is 11.5 Å². The third-order valence-electron chi connectivity index (χ3n) is 4.96. The summed E-state index contributed by atoms with van der Waals surface area (Å²) in [7, 11) is 0. The van der Waals surface area contributed by atoms with Crippen LogP contribution in [0, 0.1) is 5.82 Å². The molecule has 0 aliphatic carbocycles. The Hall–Kier alpha value is -3.26. The number of fused-ring (bicyclic) bond motifs is 1. The first-order valence-electron chi connectivity index (χ1n) is 9.84. The van der Waals surface area contributed by atoms with Gasteiger partial charge >= 0.3 is 0 Å². The third kappa shape index (κ3) is 4.83. The standard InChI is InChI=1S/C22H22FN3O4/c23-15-5-3-6-16(11-15)30-14-21(27)26(12-17-7-4-10-29-17)13-20-24-19-9-2-1-8-18(19)22(28)25-20/h1-3,5-6,8-9,11,17H,4,7,10,12-14H2,(H,24,25,28)/t17-/m1/s1. The zero-order chi connectivity index (χ0) is 20.9. The Morgan fingerprint density at radius 3 is 2.93 bits per heavy atom. The van der Waals surface area contributed by atoms with Crippen LogP contribution in [-0.4, -0.2) is 46.6 Å². The van der Waals surface area contributed by atoms with Gasteiger partial charge in [-0.25, -0.2) is 9.37 Å². The van der Waals surface area contributed by atoms with Gasteiger partial charge < -0.3 is 19.4 Å². The Morgan fingerprint density at radius 2 is 2.13 bits per heavy atom. The number of H-pyrrole nitrogens is 1. The normalized spacial score (nSPS) is 16.0. The summed E-state index contributed by atoms with van der Waals surface area (Å²) >= 11 is 0. The Labute approximate surface area is 172 Å². The summed E-state index contributed by atoms with van der Waals surface area (Å²) in [4.78, 5) is 34.0. The van der Waals surface area contributed by atoms with Crippen molar-refractivity contribution in [3.8, 4) is 5.75 Å². The first-order chi connectivity index (χ1) is 14.6. The molecular formula is C22H22FN3O4. The smallest absolute Gasteiger partial charge is 0.261 e. The van der Waals surface area contributed by atoms with Gasteiger partial charge in [0, 0.05) is 19.2 Å². The van der Waals surface area contributed by atoms with E-state index in [1.165, 1.54) is 18.2 Å². The lowest BCUT2D eigenvalue weighted by atomic mass is 10.2. The SMILES string of the molecule is O=C(COc1cccc(F)c1)N(Cc1nc2ccccc2c(=O)[nH]1)C[C@H]1CCCO1. The van der Waals surface area contributed by atoms with Gasteiger partial charge in [-0.2, -0.15) is 0 Å². The van der Waals surface area contributed by atoms with Crippen LogP contribution in [0.5, 0.6) is 5.75 Å². The van der Waals surface area contributed by atoms with Crippen molar-refractivity contribution in [3.63, 3.8) is 0 Å². The van der Waals surface area contributed by atoms with E-state index in [9.17, 15) is 14.0 Å². The summed E-state index contributed by atoms with van der Waals surface area (Å²) in [5, 5.41) is 0.493. The van der Waals surface area contributed by atoms with Crippen molar-refractivity contribution >= 4 is 16.8 Å². The highest BCUT2D eigenvalue weighted by Gasteiger charge is 2.24. The number of halogens is 1. The van der Waals surface area contributed by atoms with Crippen molar-refractivity contribution in [2.75, 3.05) is 19.8 Å². The minimum absolute atomic E-state index is 0.0738. The van der Waals surface area contributed by atoms with Crippen molar-refractivity contribution < 1.29 is 18.7 Å². The molecular weight excluding hydrogens is 389 g/mol. The number of amides is 1. The Bertz CT molecular complexity index is 1090. The summed E-state index contributed by atoms with van der Waals surface area (Å²) < 4.78 is 24.5. The number of carbonyl (C=O) groups excluding carboxylic acids is 1. The molecule has 4 rings (SSSR count). The zero-order valence-corrected chi connectivity index (χ0v) is 16.3. The monoisotopic (exact) mass is 411 g/mol. The van der Waals surface area contributed by atoms with Gasteiger partial charge in [0.2, 0.25) is 0 Å². The summed E-state index contributed by atoms with van der Waals surface area (Å²) in [6, 6.07) is 12.7. The fourth-order valence-corrected chi connectivity index (χ4v) is 3.47. The van der Waals surface area contributed by atoms with Crippen LogP contribution >= 0.6 is 0 Å². The maximum absolute atomic E-state index is 13.3. The van der Waals surface area contributed by atoms with Gasteiger partial charge in [-0.05, 0) is 37.1 Å². The molecule has 2 heterocycles. The first kappa shape index (κ1) is 20.0. The van der Waals surface area contributed by atoms with Crippen molar-refractivity contribution in [2.45, 2.75) is 25.5 Å². The maximum Gasteiger partial charge on any atom is 0.261 e. The predicted molar refractivity (Wildman–Crippen MR) is 109 cm³/mol. The minimum Gasteiger partial charge on any atom is -0.484 e. The molecule has 0 radical (unpaired) electrons. The van der Waals surface area contributed by atoms with Gasteiger partial charge in [-0.15, -0.1) is 0 Å². The van der Waals surface area contributed by atoms with Crippen LogP contribution in [0.2, 0.25) is 0 Å². The molecule has 0 unspecified atom stereocenters. The van der Waals surface area contributed by atoms with E-state index in [-0.39, 0.29) is 36.5 Å². The molecule has 0 bridgehead atoms. The molecule has 1 aromatic heterocycles. The molecule has 2 aromatic carbocycles. The second-order valence-corrected chi connectivity index (χ2v) is 7.19. The van der Waals surface area contributed by atoms with Crippen molar-refractivity contribution in [1.82, 2.24) is 14.9 Å². The molecule has 3 aromatic rings. The molecule has 0 spiro atoms. The average molecular weight is 411 g/mol. The van der Waals surface area contributed by atoms with Crippen LogP contribution < -0.4 is 10.3 Å². The van der Waals surface area contributed by atoms with Crippen LogP contribution in [0.1, 0.15) is 18.7 Å². The number of benzene rings is 2. The lowest BCUT2D eigenvalue weighted by Crippen LogP contribution is -2.40. The quantitative estimate of drug-likeness (QED) is 0.646. The summed E-state index contributed by atoms with van der Waals surface area (Å²) in [6.45, 7) is 0.888. The number of aromatic nitrogens is 2. The highest BCUT2D eigenvalue weighted by Crippen LogP contribution is 2.16. The minimum atomic E-state index is -0.436. The van der Waals surface area contributed by atoms with E-state index in [1.807, 2.05) is 0 Å². The fraction of sp³-hybridized carbons (Fsp3) is 0.318. The molecule has 30 heavy (non-hydrogen) atoms. The average Bonchev–Trinajstić information content (AvgIpc) is 3.25. The Morgan fingerprint density at radius 1 is 1.27 bits per heavy atom. The van der Waals surface area contributed by atoms with Crippen molar-refractivity contribution in [1.29, 1.82) is 0 Å². The Balaban J connectivity index is 1.51. The number of hydrogen-bond donors (Lipinski definition) is 1. The second kappa shape index (κ2) is 9.04. The lowest BCUT2D eigenvalue weighted by molar-refractivity contribution is -0.135. The molecule has 1 aliphatic heterocycles. The molecule has 1 atom stereocenters. The molecule has 0 saturated carbocycles. The summed E-state index contributed by atoms with van der Waals surface area (Å²) in [6.07, 6.45) is 1.73. The van der Waals surface area contributed by atoms with Crippen LogP contribution in [0.25, 0.3) is 10.9 Å². The molecule has 1 fully saturated rings. The van der Waals surface area contributed by atoms with Gasteiger partial charge in [0.15, 0.2) is 6.61 Å². The van der Waals surface area contributed by atoms with E-state index in [0.717, 1.165) is 12.8 Å². The van der Waals surface area contributed by atoms with Crippen LogP contribution in [-0.2, 0) is 16.1 Å². The number of para-hydroxylation sites is 1. The van der Waals surface area contributed by atoms with E-state index in [4.69, 9.17) is 9.47 Å². The van der Waals surface area contributed by atoms with Crippen LogP contribution in [0.15, 0.2) is 53.3 Å². The Kier molecular flexibility index (Phi) is 6.04. The topological polar surface area (TPSA) is 84.5 Å². The molecule has 1 aliphatic rings. The second-order valence-electron chi connectivity index (χ2n) is 7.19. The number of carbonyl (C=O) groups is 1. The summed E-state index contributed by atoms with van der Waals surface area (Å²) in [5.74, 6) is -0.0758. The largest absolute Gasteiger partial charge is 0.484 e. The van der Waals surface area contributed by atoms with Gasteiger partial charge in [0.1, 0.15) is 17.4 Å². The predicted octanol–water partition coefficient (Wildman–Crippen LogP) is 2.65. The summed E-state index contributed by atoms with van der Waals surface area (Å²) in [5.41, 5.74) is 0.313. The van der Waals surface area contributed by atoms with Gasteiger partial charge in [0.05, 0.1) is 23.6 Å². The number of rotatable bonds is 7. The van der Waals surface area contributed by atoms with Crippen LogP contribution in [0.4, 0.5) is 4.39 Å². The number of hydrogen-bond acceptors (Lipinski definition) is 5. The van der Waals surface area contributed by atoms with Gasteiger partial charge in [-0.3, -0.25) is 9.59 Å². The number of nitrogens with one attached hydrogen (secondary N) is 1. The van der Waals surface area contributed by atoms with Crippen molar-refractivity contribution in [2.24, 2.45) is 0 Å². The van der Waals surface area contributed by atoms with E-state index in [0.29, 0.717) is 29.9 Å². The van der Waals surface area contributed by atoms with E-state index in [1.54, 1.807) is 35.2 Å². The molecule has 1 saturated heterocycles. The zero-order valence-electron chi connectivity index (χ0n) is 16.3. The highest BCUT2D eigenvalue weighted by atomic mass is 19.1. The van der Waals surface area contributed by atoms with E-state index in [2.05, 4.69) is 9.97 Å². The van der Waals surface area contributed by atoms with E-state index >= 15 is 0 Å². The van der Waals surface area contributed by atoms with Crippen LogP contribution in [0.3, 0.4) is 0 Å². The number of nitrogens with zero attached hydrogens (tertiary/aromatic N) is 2. The third-order valence-corrected chi connectivity index (χ3v) is 4.96. The molecule has 1 amide bonds. The fourth-order valence-electron chi connectivity index (χ4n) is 3.47. The number of ether oxygens (including phenoxy) is 2. The van der Waals surface area contributed by atoms with Gasteiger partial charge in [-0.1, -0.05) is 18.2 Å². The molecule has 1 N–H and O–H groups in total. The molecule has 7 nitrogen and oxygen atoms in total. The maximum atomic E-state index is 13.3. The number of aromatic amines is 1. The lowest BCUT2D eigenvalue weighted by Gasteiger charge is -2.25. The molecule has 8 heteroatoms. The van der Waals surface area contributed by atoms with E-state index < -0.39 is 5.82 Å². The first-order valence-corrected chi connectivity index (χ1v) is 9.84. The van der Waals surface area contributed by atoms with Crippen molar-refractivity contribution in [3.05, 3.63) is 70.5 Å². The highest BCUT2D eigenvalue weighted by molar-refractivity contribution is 5.78. The molecule has 156 valence electrons.